The van der Waals surface area contributed by atoms with Crippen LogP contribution in [0.25, 0.3) is 0 Å². The summed E-state index contributed by atoms with van der Waals surface area (Å²) in [6.07, 6.45) is 20.2. The molecule has 9 heteroatoms. The lowest BCUT2D eigenvalue weighted by Crippen LogP contribution is -2.82. The molecule has 11 aliphatic carbocycles. The SMILES string of the molecule is CN[C@@H]1Cc2c(cccc2CO)C#CCC[C@]23CC[C@H]4[C@@](O)(C[C@@H]5C[C@@H]([C@@H](C)C6CCCC6)CC[C@H]6[C@@H](O)[C@]7(CCCC78CCCC8)C[C@@]4(C=O)[C@]56O)[C@@]2(O)C[C@@H]2C[C@H]1[C@H]1OC(=O)C=C1[C@@H]23. The van der Waals surface area contributed by atoms with Crippen molar-refractivity contribution in [3.8, 4) is 11.8 Å². The molecule has 17 atom stereocenters. The van der Waals surface area contributed by atoms with Gasteiger partial charge in [-0.15, -0.1) is 0 Å². The minimum Gasteiger partial charge on any atom is -0.454 e. The number of carbonyl (C=O) groups excluding carboxylic acids is 2. The molecule has 1 aliphatic heterocycles. The van der Waals surface area contributed by atoms with Crippen LogP contribution in [0, 0.1) is 86.8 Å². The highest BCUT2D eigenvalue weighted by Gasteiger charge is 2.85. The summed E-state index contributed by atoms with van der Waals surface area (Å²) in [6, 6.07) is 5.81. The molecule has 0 unspecified atom stereocenters. The third-order valence-corrected chi connectivity index (χ3v) is 23.6. The molecule has 9 nitrogen and oxygen atoms in total. The molecule has 358 valence electrons. The number of hydrogen-bond acceptors (Lipinski definition) is 9. The van der Waals surface area contributed by atoms with Crippen LogP contribution in [-0.2, 0) is 27.4 Å². The summed E-state index contributed by atoms with van der Waals surface area (Å²) in [5.41, 5.74) is -4.07. The first-order valence-electron chi connectivity index (χ1n) is 26.9. The molecule has 0 amide bonds. The van der Waals surface area contributed by atoms with E-state index in [0.717, 1.165) is 79.9 Å². The molecular weight excluding hydrogens is 827 g/mol. The molecule has 0 radical (unpaired) electrons. The maximum absolute atomic E-state index is 15.1. The smallest absolute Gasteiger partial charge is 0.331 e. The van der Waals surface area contributed by atoms with E-state index in [4.69, 9.17) is 4.74 Å². The minimum absolute atomic E-state index is 0.0713. The Labute approximate surface area is 392 Å². The van der Waals surface area contributed by atoms with Crippen molar-refractivity contribution in [2.24, 2.45) is 74.9 Å². The lowest BCUT2D eigenvalue weighted by atomic mass is 9.32. The van der Waals surface area contributed by atoms with Gasteiger partial charge < -0.3 is 40.4 Å². The van der Waals surface area contributed by atoms with Crippen LogP contribution in [-0.4, -0.2) is 79.9 Å². The summed E-state index contributed by atoms with van der Waals surface area (Å²) >= 11 is 0. The number of aliphatic hydroxyl groups excluding tert-OH is 2. The minimum atomic E-state index is -1.72. The van der Waals surface area contributed by atoms with Crippen molar-refractivity contribution in [2.75, 3.05) is 7.05 Å². The number of rotatable bonds is 5. The van der Waals surface area contributed by atoms with Crippen molar-refractivity contribution in [3.63, 3.8) is 0 Å². The van der Waals surface area contributed by atoms with Crippen LogP contribution in [0.5, 0.6) is 0 Å². The third kappa shape index (κ3) is 5.53. The van der Waals surface area contributed by atoms with Crippen LogP contribution in [0.2, 0.25) is 0 Å². The van der Waals surface area contributed by atoms with Crippen LogP contribution < -0.4 is 5.32 Å². The second kappa shape index (κ2) is 15.5. The largest absolute Gasteiger partial charge is 0.454 e. The Morgan fingerprint density at radius 3 is 2.45 bits per heavy atom. The van der Waals surface area contributed by atoms with Gasteiger partial charge in [-0.2, -0.15) is 0 Å². The van der Waals surface area contributed by atoms with E-state index in [1.54, 1.807) is 6.08 Å². The molecule has 4 bridgehead atoms. The molecule has 6 N–H and O–H groups in total. The van der Waals surface area contributed by atoms with Crippen LogP contribution in [0.3, 0.4) is 0 Å². The molecule has 0 aromatic heterocycles. The van der Waals surface area contributed by atoms with Gasteiger partial charge in [-0.3, -0.25) is 0 Å². The second-order valence-electron chi connectivity index (χ2n) is 25.0. The number of aliphatic hydroxyl groups is 5. The van der Waals surface area contributed by atoms with E-state index in [1.807, 2.05) is 25.2 Å². The summed E-state index contributed by atoms with van der Waals surface area (Å²) in [6.45, 7) is 2.32. The van der Waals surface area contributed by atoms with E-state index in [9.17, 15) is 30.3 Å². The molecule has 9 fully saturated rings. The number of carbonyl (C=O) groups is 2. The number of nitrogens with one attached hydrogen (secondary N) is 1. The van der Waals surface area contributed by atoms with Crippen LogP contribution >= 0.6 is 0 Å². The second-order valence-corrected chi connectivity index (χ2v) is 25.0. The molecule has 12 aliphatic rings. The van der Waals surface area contributed by atoms with Crippen molar-refractivity contribution in [2.45, 2.75) is 196 Å². The number of ether oxygens (including phenoxy) is 1. The standard InChI is InChI=1S/C57H77NO8/c1-34(35-11-3-4-12-35)37-16-17-44-50(62)53(23-10-21-51(53)19-7-8-20-51)32-54(33-60)46-18-24-52-22-6-5-13-36-14-9-15-38(31-59)41(36)27-45(58-2)42-26-39(48(52)43-28-47(61)66-49(42)43)29-56(52,64)55(46,63)30-40(25-37)57(44,54)65/h9,14-15,28,33-35,37,39-40,42,44-46,48-50,58-59,62-65H,3-4,6-8,10-12,16-27,29-32H2,1-2H3/t34-,37-,39-,40-,42+,44-,45+,46+,48+,49+,50+,52+,53-,54-,55-,56+,57-/m0/s1. The third-order valence-electron chi connectivity index (χ3n) is 23.6. The molecule has 1 heterocycles. The number of likely N-dealkylation sites (N-methyl/N-ethyl adjacent to an activating group) is 1. The molecule has 9 saturated carbocycles. The van der Waals surface area contributed by atoms with E-state index in [-0.39, 0.29) is 54.1 Å². The van der Waals surface area contributed by atoms with Gasteiger partial charge in [0.1, 0.15) is 18.0 Å². The van der Waals surface area contributed by atoms with Gasteiger partial charge in [0.25, 0.3) is 0 Å². The quantitative estimate of drug-likeness (QED) is 0.100. The van der Waals surface area contributed by atoms with Crippen molar-refractivity contribution in [1.82, 2.24) is 5.32 Å². The molecule has 66 heavy (non-hydrogen) atoms. The first-order valence-corrected chi connectivity index (χ1v) is 26.9. The molecule has 1 aromatic carbocycles. The predicted molar refractivity (Wildman–Crippen MR) is 249 cm³/mol. The summed E-state index contributed by atoms with van der Waals surface area (Å²) in [5, 5.41) is 70.9. The highest BCUT2D eigenvalue weighted by Crippen LogP contribution is 2.81. The number of hydrogen-bond donors (Lipinski definition) is 6. The topological polar surface area (TPSA) is 157 Å². The zero-order valence-electron chi connectivity index (χ0n) is 39.7. The van der Waals surface area contributed by atoms with Gasteiger partial charge in [0.15, 0.2) is 0 Å². The van der Waals surface area contributed by atoms with Crippen LogP contribution in [0.1, 0.15) is 165 Å². The highest BCUT2D eigenvalue weighted by atomic mass is 16.5. The van der Waals surface area contributed by atoms with Gasteiger partial charge >= 0.3 is 5.97 Å². The zero-order valence-corrected chi connectivity index (χ0v) is 39.7. The van der Waals surface area contributed by atoms with Crippen molar-refractivity contribution >= 4 is 12.3 Å². The maximum atomic E-state index is 15.1. The maximum Gasteiger partial charge on any atom is 0.331 e. The Bertz CT molecular complexity index is 2230. The van der Waals surface area contributed by atoms with Crippen molar-refractivity contribution < 1.29 is 39.9 Å². The molecular formula is C57H77NO8. The number of fused-ring (bicyclic) bond motifs is 7. The normalized spacial score (nSPS) is 49.1. The average Bonchev–Trinajstić information content (AvgIpc) is 4.16. The highest BCUT2D eigenvalue weighted by molar-refractivity contribution is 5.86. The van der Waals surface area contributed by atoms with Gasteiger partial charge in [0.05, 0.1) is 29.3 Å². The molecule has 1 aromatic rings. The van der Waals surface area contributed by atoms with Gasteiger partial charge in [0, 0.05) is 52.7 Å². The van der Waals surface area contributed by atoms with Crippen molar-refractivity contribution in [1.29, 1.82) is 0 Å². The summed E-state index contributed by atoms with van der Waals surface area (Å²) in [4.78, 5) is 28.7. The molecule has 0 saturated heterocycles. The average molecular weight is 904 g/mol. The molecule has 13 rings (SSSR count). The Balaban J connectivity index is 1.04. The fourth-order valence-corrected chi connectivity index (χ4v) is 21.0. The Morgan fingerprint density at radius 2 is 1.70 bits per heavy atom. The fourth-order valence-electron chi connectivity index (χ4n) is 21.0. The van der Waals surface area contributed by atoms with E-state index < -0.39 is 63.0 Å². The van der Waals surface area contributed by atoms with Gasteiger partial charge in [-0.25, -0.2) is 4.79 Å². The van der Waals surface area contributed by atoms with Crippen LogP contribution in [0.4, 0.5) is 0 Å². The number of benzene rings is 1. The summed E-state index contributed by atoms with van der Waals surface area (Å²) in [5.74, 6) is 5.93. The fraction of sp³-hybridized carbons (Fsp3) is 0.789. The monoisotopic (exact) mass is 904 g/mol. The zero-order chi connectivity index (χ0) is 45.6. The van der Waals surface area contributed by atoms with Gasteiger partial charge in [-0.1, -0.05) is 75.8 Å². The van der Waals surface area contributed by atoms with Crippen molar-refractivity contribution in [3.05, 3.63) is 46.5 Å². The lowest BCUT2D eigenvalue weighted by molar-refractivity contribution is -0.360. The van der Waals surface area contributed by atoms with Crippen LogP contribution in [0.15, 0.2) is 29.8 Å². The first kappa shape index (κ1) is 44.6. The van der Waals surface area contributed by atoms with Gasteiger partial charge in [0.2, 0.25) is 0 Å². The van der Waals surface area contributed by atoms with E-state index in [2.05, 4.69) is 24.1 Å². The number of aldehydes is 1. The van der Waals surface area contributed by atoms with Gasteiger partial charge in [-0.05, 0) is 167 Å². The Morgan fingerprint density at radius 1 is 0.909 bits per heavy atom. The Hall–Kier alpha value is -2.58. The predicted octanol–water partition coefficient (Wildman–Crippen LogP) is 7.50. The number of esters is 1. The van der Waals surface area contributed by atoms with E-state index >= 15 is 4.79 Å². The van der Waals surface area contributed by atoms with E-state index in [1.165, 1.54) is 25.7 Å². The first-order chi connectivity index (χ1) is 31.8. The lowest BCUT2D eigenvalue weighted by Gasteiger charge is -2.74. The summed E-state index contributed by atoms with van der Waals surface area (Å²) < 4.78 is 6.35. The van der Waals surface area contributed by atoms with E-state index in [0.29, 0.717) is 76.0 Å². The summed E-state index contributed by atoms with van der Waals surface area (Å²) in [7, 11) is 1.95. The Kier molecular flexibility index (Phi) is 10.5. The molecule has 3 spiro atoms.